The van der Waals surface area contributed by atoms with Crippen LogP contribution in [0.3, 0.4) is 0 Å². The molecule has 152 valence electrons. The smallest absolute Gasteiger partial charge is 0.394 e. The van der Waals surface area contributed by atoms with Crippen molar-refractivity contribution in [3.8, 4) is 0 Å². The first-order valence-corrected chi connectivity index (χ1v) is 9.04. The lowest BCUT2D eigenvalue weighted by Gasteiger charge is -2.36. The Labute approximate surface area is 168 Å². The molecule has 11 nitrogen and oxygen atoms in total. The Kier molecular flexibility index (Phi) is 4.67. The average Bonchev–Trinajstić information content (AvgIpc) is 3.24. The number of nitrogens with one attached hydrogen (secondary N) is 1. The van der Waals surface area contributed by atoms with Crippen molar-refractivity contribution in [2.45, 2.75) is 30.1 Å². The summed E-state index contributed by atoms with van der Waals surface area (Å²) in [6.45, 7) is -0.738. The van der Waals surface area contributed by atoms with Crippen molar-refractivity contribution in [2.24, 2.45) is 0 Å². The molecule has 1 aromatic carbocycles. The molecule has 12 heteroatoms. The van der Waals surface area contributed by atoms with Crippen molar-refractivity contribution >= 4 is 23.4 Å². The molecule has 0 aliphatic carbocycles. The molecule has 0 bridgehead atoms. The summed E-state index contributed by atoms with van der Waals surface area (Å²) in [6, 6.07) is 8.63. The van der Waals surface area contributed by atoms with Crippen LogP contribution in [0.1, 0.15) is 5.56 Å². The number of fused-ring (bicyclic) bond motifs is 1. The minimum Gasteiger partial charge on any atom is -0.394 e. The van der Waals surface area contributed by atoms with Gasteiger partial charge in [0, 0.05) is 6.42 Å². The van der Waals surface area contributed by atoms with Gasteiger partial charge in [-0.1, -0.05) is 42.5 Å². The molecule has 1 aliphatic rings. The molecule has 0 radical (unpaired) electrons. The zero-order valence-corrected chi connectivity index (χ0v) is 15.7. The zero-order valence-electron chi connectivity index (χ0n) is 14.9. The van der Waals surface area contributed by atoms with E-state index in [9.17, 15) is 25.4 Å². The van der Waals surface area contributed by atoms with Crippen molar-refractivity contribution in [1.82, 2.24) is 19.5 Å². The summed E-state index contributed by atoms with van der Waals surface area (Å²) in [7, 11) is 0. The minimum absolute atomic E-state index is 0.147. The SMILES string of the molecule is O=[N+]([O-])C1(O)C(O)C(CO)OC1(Cc1ccccc1)n1cnc2c(=S)nc[nH]c21. The normalized spacial score (nSPS) is 29.3. The summed E-state index contributed by atoms with van der Waals surface area (Å²) in [4.78, 5) is 22.0. The molecule has 1 aliphatic heterocycles. The van der Waals surface area contributed by atoms with E-state index in [-0.39, 0.29) is 22.2 Å². The van der Waals surface area contributed by atoms with Crippen LogP contribution in [0.2, 0.25) is 0 Å². The quantitative estimate of drug-likeness (QED) is 0.195. The average molecular weight is 419 g/mol. The van der Waals surface area contributed by atoms with Crippen molar-refractivity contribution < 1.29 is 25.0 Å². The number of aromatic amines is 1. The van der Waals surface area contributed by atoms with Gasteiger partial charge in [-0.15, -0.1) is 0 Å². The highest BCUT2D eigenvalue weighted by molar-refractivity contribution is 7.71. The number of aliphatic hydroxyl groups is 3. The van der Waals surface area contributed by atoms with Gasteiger partial charge in [0.1, 0.15) is 17.3 Å². The first-order valence-electron chi connectivity index (χ1n) is 8.64. The number of H-pyrrole nitrogens is 1. The predicted octanol–water partition coefficient (Wildman–Crippen LogP) is 0.102. The van der Waals surface area contributed by atoms with Gasteiger partial charge in [0.05, 0.1) is 24.2 Å². The van der Waals surface area contributed by atoms with E-state index in [0.29, 0.717) is 5.56 Å². The fourth-order valence-electron chi connectivity index (χ4n) is 3.77. The lowest BCUT2D eigenvalue weighted by atomic mass is 9.89. The fourth-order valence-corrected chi connectivity index (χ4v) is 3.98. The van der Waals surface area contributed by atoms with Crippen molar-refractivity contribution in [3.63, 3.8) is 0 Å². The van der Waals surface area contributed by atoms with Crippen molar-refractivity contribution in [3.05, 3.63) is 63.3 Å². The number of nitro groups is 1. The third-order valence-corrected chi connectivity index (χ3v) is 5.47. The van der Waals surface area contributed by atoms with Gasteiger partial charge >= 0.3 is 5.72 Å². The van der Waals surface area contributed by atoms with E-state index in [0.717, 1.165) is 0 Å². The minimum atomic E-state index is -3.00. The van der Waals surface area contributed by atoms with Crippen molar-refractivity contribution in [1.29, 1.82) is 0 Å². The Morgan fingerprint density at radius 1 is 1.34 bits per heavy atom. The summed E-state index contributed by atoms with van der Waals surface area (Å²) in [5.74, 6) is 0. The van der Waals surface area contributed by atoms with Crippen LogP contribution in [-0.2, 0) is 16.9 Å². The Hall–Kier alpha value is -2.77. The van der Waals surface area contributed by atoms with E-state index < -0.39 is 35.2 Å². The highest BCUT2D eigenvalue weighted by Gasteiger charge is 2.76. The lowest BCUT2D eigenvalue weighted by molar-refractivity contribution is -0.659. The molecule has 4 rings (SSSR count). The second-order valence-electron chi connectivity index (χ2n) is 6.73. The highest BCUT2D eigenvalue weighted by atomic mass is 32.1. The largest absolute Gasteiger partial charge is 0.399 e. The summed E-state index contributed by atoms with van der Waals surface area (Å²) in [5, 5.41) is 43.5. The zero-order chi connectivity index (χ0) is 20.8. The molecule has 1 saturated heterocycles. The van der Waals surface area contributed by atoms with Gasteiger partial charge in [-0.3, -0.25) is 14.7 Å². The predicted molar refractivity (Wildman–Crippen MR) is 101 cm³/mol. The number of rotatable bonds is 5. The molecule has 4 atom stereocenters. The molecule has 3 aromatic rings. The number of ether oxygens (including phenoxy) is 1. The maximum Gasteiger partial charge on any atom is 0.399 e. The van der Waals surface area contributed by atoms with Gasteiger partial charge in [0.25, 0.3) is 5.72 Å². The van der Waals surface area contributed by atoms with Gasteiger partial charge in [0.2, 0.25) is 0 Å². The van der Waals surface area contributed by atoms with Crippen molar-refractivity contribution in [2.75, 3.05) is 6.61 Å². The Balaban J connectivity index is 2.03. The summed E-state index contributed by atoms with van der Waals surface area (Å²) >= 11 is 5.15. The van der Waals surface area contributed by atoms with Gasteiger partial charge < -0.3 is 25.0 Å². The van der Waals surface area contributed by atoms with Gasteiger partial charge in [-0.05, 0) is 5.56 Å². The molecule has 4 N–H and O–H groups in total. The molecule has 4 unspecified atom stereocenters. The fraction of sp³-hybridized carbons (Fsp3) is 0.353. The summed E-state index contributed by atoms with van der Waals surface area (Å²) in [5.41, 5.74) is -4.09. The summed E-state index contributed by atoms with van der Waals surface area (Å²) < 4.78 is 7.22. The lowest BCUT2D eigenvalue weighted by Crippen LogP contribution is -2.63. The number of aliphatic hydroxyl groups excluding tert-OH is 2. The summed E-state index contributed by atoms with van der Waals surface area (Å²) in [6.07, 6.45) is -1.10. The van der Waals surface area contributed by atoms with E-state index >= 15 is 0 Å². The van der Waals surface area contributed by atoms with E-state index in [4.69, 9.17) is 17.0 Å². The van der Waals surface area contributed by atoms with Crippen LogP contribution >= 0.6 is 12.2 Å². The molecule has 2 aromatic heterocycles. The first-order chi connectivity index (χ1) is 13.8. The third-order valence-electron chi connectivity index (χ3n) is 5.17. The molecular formula is C17H17N5O6S. The Bertz CT molecular complexity index is 1120. The monoisotopic (exact) mass is 419 g/mol. The van der Waals surface area contributed by atoms with E-state index in [1.807, 2.05) is 0 Å². The maximum atomic E-state index is 12.1. The number of nitrogens with zero attached hydrogens (tertiary/aromatic N) is 4. The maximum absolute atomic E-state index is 12.1. The Morgan fingerprint density at radius 2 is 2.07 bits per heavy atom. The number of imidazole rings is 1. The van der Waals surface area contributed by atoms with Gasteiger partial charge in [0.15, 0.2) is 10.7 Å². The number of aromatic nitrogens is 4. The topological polar surface area (TPSA) is 160 Å². The van der Waals surface area contributed by atoms with E-state index in [1.54, 1.807) is 30.3 Å². The van der Waals surface area contributed by atoms with Crippen LogP contribution in [0.4, 0.5) is 0 Å². The number of hydrogen-bond acceptors (Lipinski definition) is 9. The van der Waals surface area contributed by atoms with Crippen LogP contribution in [0.15, 0.2) is 43.0 Å². The number of hydrogen-bond donors (Lipinski definition) is 4. The third kappa shape index (κ3) is 2.68. The molecule has 0 spiro atoms. The van der Waals surface area contributed by atoms with Gasteiger partial charge in [-0.25, -0.2) is 9.97 Å². The first kappa shape index (κ1) is 19.5. The highest BCUT2D eigenvalue weighted by Crippen LogP contribution is 2.47. The van der Waals surface area contributed by atoms with Crippen LogP contribution in [0.5, 0.6) is 0 Å². The second-order valence-corrected chi connectivity index (χ2v) is 7.12. The number of benzene rings is 1. The van der Waals surface area contributed by atoms with Crippen LogP contribution < -0.4 is 0 Å². The Morgan fingerprint density at radius 3 is 2.72 bits per heavy atom. The molecule has 29 heavy (non-hydrogen) atoms. The molecule has 1 fully saturated rings. The molecular weight excluding hydrogens is 402 g/mol. The molecule has 3 heterocycles. The second kappa shape index (κ2) is 6.93. The molecule has 0 saturated carbocycles. The van der Waals surface area contributed by atoms with Crippen LogP contribution in [0.25, 0.3) is 11.2 Å². The molecule has 0 amide bonds. The van der Waals surface area contributed by atoms with E-state index in [1.165, 1.54) is 17.2 Å². The standard InChI is InChI=1S/C17H17N5O6S/c23-7-11-13(24)17(25,22(26)27)16(28-11,6-10-4-2-1-3-5-10)21-9-20-12-14(21)18-8-19-15(12)29/h1-5,8-9,11,13,23-25H,6-7H2,(H,18,19,29). The van der Waals surface area contributed by atoms with E-state index in [2.05, 4.69) is 15.0 Å². The van der Waals surface area contributed by atoms with Crippen LogP contribution in [-0.4, -0.2) is 64.3 Å². The van der Waals surface area contributed by atoms with Crippen LogP contribution in [0, 0.1) is 14.8 Å². The van der Waals surface area contributed by atoms with Gasteiger partial charge in [-0.2, -0.15) is 0 Å².